The van der Waals surface area contributed by atoms with Crippen molar-refractivity contribution < 1.29 is 0 Å². The summed E-state index contributed by atoms with van der Waals surface area (Å²) in [7, 11) is 0. The van der Waals surface area contributed by atoms with E-state index in [0.717, 1.165) is 38.4 Å². The number of aryl methyl sites for hydroxylation is 1. The molecule has 0 aromatic carbocycles. The van der Waals surface area contributed by atoms with E-state index in [4.69, 9.17) is 0 Å². The van der Waals surface area contributed by atoms with Gasteiger partial charge in [0.1, 0.15) is 12.7 Å². The molecule has 1 aromatic heterocycles. The zero-order chi connectivity index (χ0) is 13.2. The lowest BCUT2D eigenvalue weighted by atomic mass is 10.3. The predicted molar refractivity (Wildman–Crippen MR) is 88.9 cm³/mol. The molecule has 0 aliphatic rings. The first-order valence-electron chi connectivity index (χ1n) is 6.59. The Morgan fingerprint density at radius 2 is 1.95 bits per heavy atom. The van der Waals surface area contributed by atoms with Crippen LogP contribution in [0.5, 0.6) is 0 Å². The molecule has 0 atom stereocenters. The van der Waals surface area contributed by atoms with Gasteiger partial charge in [-0.05, 0) is 33.6 Å². The van der Waals surface area contributed by atoms with Crippen molar-refractivity contribution in [2.75, 3.05) is 13.1 Å². The van der Waals surface area contributed by atoms with Crippen molar-refractivity contribution >= 4 is 29.9 Å². The van der Waals surface area contributed by atoms with Crippen LogP contribution >= 0.6 is 24.0 Å². The van der Waals surface area contributed by atoms with Gasteiger partial charge in [-0.2, -0.15) is 0 Å². The number of nitrogens with one attached hydrogen (secondary N) is 2. The molecule has 0 fully saturated rings. The average Bonchev–Trinajstić information content (AvgIpc) is 2.81. The van der Waals surface area contributed by atoms with Gasteiger partial charge in [0.15, 0.2) is 5.96 Å². The molecule has 19 heavy (non-hydrogen) atoms. The van der Waals surface area contributed by atoms with E-state index in [1.807, 2.05) is 4.57 Å². The Kier molecular flexibility index (Phi) is 10.5. The summed E-state index contributed by atoms with van der Waals surface area (Å²) >= 11 is 0. The third-order valence-corrected chi connectivity index (χ3v) is 2.33. The van der Waals surface area contributed by atoms with Crippen molar-refractivity contribution in [3.63, 3.8) is 0 Å². The van der Waals surface area contributed by atoms with Gasteiger partial charge in [0, 0.05) is 25.7 Å². The molecule has 0 saturated heterocycles. The molecule has 0 saturated carbocycles. The molecule has 6 nitrogen and oxygen atoms in total. The minimum atomic E-state index is 0. The maximum Gasteiger partial charge on any atom is 0.191 e. The van der Waals surface area contributed by atoms with E-state index in [-0.39, 0.29) is 24.0 Å². The molecule has 0 bridgehead atoms. The Labute approximate surface area is 132 Å². The average molecular weight is 380 g/mol. The summed E-state index contributed by atoms with van der Waals surface area (Å²) in [6.07, 6.45) is 5.64. The van der Waals surface area contributed by atoms with E-state index in [9.17, 15) is 0 Å². The van der Waals surface area contributed by atoms with Crippen LogP contribution < -0.4 is 10.6 Å². The molecule has 0 amide bonds. The van der Waals surface area contributed by atoms with Crippen LogP contribution in [0.4, 0.5) is 0 Å². The van der Waals surface area contributed by atoms with E-state index in [2.05, 4.69) is 46.6 Å². The van der Waals surface area contributed by atoms with Crippen LogP contribution in [0.1, 0.15) is 33.6 Å². The van der Waals surface area contributed by atoms with E-state index < -0.39 is 0 Å². The van der Waals surface area contributed by atoms with Crippen molar-refractivity contribution in [3.8, 4) is 0 Å². The van der Waals surface area contributed by atoms with Crippen LogP contribution in [0, 0.1) is 0 Å². The monoisotopic (exact) mass is 380 g/mol. The van der Waals surface area contributed by atoms with Gasteiger partial charge in [0.2, 0.25) is 0 Å². The lowest BCUT2D eigenvalue weighted by Crippen LogP contribution is -2.41. The maximum atomic E-state index is 4.53. The van der Waals surface area contributed by atoms with Gasteiger partial charge >= 0.3 is 0 Å². The Bertz CT molecular complexity index is 336. The van der Waals surface area contributed by atoms with Crippen LogP contribution in [-0.4, -0.2) is 39.9 Å². The highest BCUT2D eigenvalue weighted by molar-refractivity contribution is 14.0. The summed E-state index contributed by atoms with van der Waals surface area (Å²) in [6.45, 7) is 8.97. The van der Waals surface area contributed by atoms with Gasteiger partial charge in [0.05, 0.1) is 0 Å². The fourth-order valence-corrected chi connectivity index (χ4v) is 1.53. The molecule has 0 unspecified atom stereocenters. The highest BCUT2D eigenvalue weighted by Gasteiger charge is 1.98. The van der Waals surface area contributed by atoms with Crippen LogP contribution in [0.25, 0.3) is 0 Å². The Balaban J connectivity index is 0.00000324. The van der Waals surface area contributed by atoms with E-state index in [1.165, 1.54) is 0 Å². The van der Waals surface area contributed by atoms with Crippen LogP contribution in [0.2, 0.25) is 0 Å². The first kappa shape index (κ1) is 18.1. The molecule has 0 aliphatic carbocycles. The molecule has 0 radical (unpaired) electrons. The number of nitrogens with zero attached hydrogens (tertiary/aromatic N) is 4. The summed E-state index contributed by atoms with van der Waals surface area (Å²) in [6, 6.07) is 0.403. The maximum absolute atomic E-state index is 4.53. The van der Waals surface area contributed by atoms with E-state index >= 15 is 0 Å². The smallest absolute Gasteiger partial charge is 0.191 e. The standard InChI is InChI=1S/C12H24N6.HI/c1-4-13-12(17-11(2)3)14-7-5-6-8-18-9-15-16-10-18;/h9-11H,4-8H2,1-3H3,(H2,13,14,17);1H. The van der Waals surface area contributed by atoms with E-state index in [1.54, 1.807) is 12.7 Å². The normalized spacial score (nSPS) is 11.3. The molecule has 110 valence electrons. The largest absolute Gasteiger partial charge is 0.357 e. The summed E-state index contributed by atoms with van der Waals surface area (Å²) in [5, 5.41) is 14.1. The number of guanidine groups is 1. The van der Waals surface area contributed by atoms with Crippen molar-refractivity contribution in [1.29, 1.82) is 0 Å². The summed E-state index contributed by atoms with van der Waals surface area (Å²) < 4.78 is 1.99. The van der Waals surface area contributed by atoms with Gasteiger partial charge in [-0.3, -0.25) is 4.99 Å². The highest BCUT2D eigenvalue weighted by atomic mass is 127. The third-order valence-electron chi connectivity index (χ3n) is 2.33. The third kappa shape index (κ3) is 8.79. The zero-order valence-corrected chi connectivity index (χ0v) is 14.3. The van der Waals surface area contributed by atoms with Crippen molar-refractivity contribution in [3.05, 3.63) is 12.7 Å². The number of rotatable bonds is 7. The van der Waals surface area contributed by atoms with Crippen LogP contribution in [-0.2, 0) is 6.54 Å². The molecular weight excluding hydrogens is 355 g/mol. The molecule has 7 heteroatoms. The second-order valence-electron chi connectivity index (χ2n) is 4.47. The topological polar surface area (TPSA) is 67.1 Å². The van der Waals surface area contributed by atoms with Crippen LogP contribution in [0.15, 0.2) is 17.6 Å². The molecule has 0 aliphatic heterocycles. The molecule has 1 rings (SSSR count). The fraction of sp³-hybridized carbons (Fsp3) is 0.750. The first-order valence-corrected chi connectivity index (χ1v) is 6.59. The SMILES string of the molecule is CCNC(=NCCCCn1cnnc1)NC(C)C.I. The number of halogens is 1. The van der Waals surface area contributed by atoms with Gasteiger partial charge in [0.25, 0.3) is 0 Å². The van der Waals surface area contributed by atoms with Crippen molar-refractivity contribution in [2.24, 2.45) is 4.99 Å². The number of hydrogen-bond donors (Lipinski definition) is 2. The van der Waals surface area contributed by atoms with Gasteiger partial charge in [-0.15, -0.1) is 34.2 Å². The molecule has 1 heterocycles. The molecule has 0 spiro atoms. The highest BCUT2D eigenvalue weighted by Crippen LogP contribution is 1.94. The Morgan fingerprint density at radius 3 is 2.53 bits per heavy atom. The number of hydrogen-bond acceptors (Lipinski definition) is 3. The van der Waals surface area contributed by atoms with Crippen molar-refractivity contribution in [2.45, 2.75) is 46.2 Å². The van der Waals surface area contributed by atoms with Crippen molar-refractivity contribution in [1.82, 2.24) is 25.4 Å². The van der Waals surface area contributed by atoms with Gasteiger partial charge < -0.3 is 15.2 Å². The molecular formula is C12H25IN6. The van der Waals surface area contributed by atoms with Gasteiger partial charge in [-0.25, -0.2) is 0 Å². The second-order valence-corrected chi connectivity index (χ2v) is 4.47. The zero-order valence-electron chi connectivity index (χ0n) is 12.0. The first-order chi connectivity index (χ1) is 8.72. The number of unbranched alkanes of at least 4 members (excludes halogenated alkanes) is 1. The molecule has 2 N–H and O–H groups in total. The van der Waals surface area contributed by atoms with Gasteiger partial charge in [-0.1, -0.05) is 0 Å². The van der Waals surface area contributed by atoms with E-state index in [0.29, 0.717) is 6.04 Å². The Hall–Kier alpha value is -0.860. The fourth-order valence-electron chi connectivity index (χ4n) is 1.53. The summed E-state index contributed by atoms with van der Waals surface area (Å²) in [5.41, 5.74) is 0. The summed E-state index contributed by atoms with van der Waals surface area (Å²) in [5.74, 6) is 0.900. The molecule has 1 aromatic rings. The second kappa shape index (κ2) is 11.0. The lowest BCUT2D eigenvalue weighted by molar-refractivity contribution is 0.610. The predicted octanol–water partition coefficient (Wildman–Crippen LogP) is 1.64. The number of aromatic nitrogens is 3. The van der Waals surface area contributed by atoms with Crippen LogP contribution in [0.3, 0.4) is 0 Å². The quantitative estimate of drug-likeness (QED) is 0.327. The lowest BCUT2D eigenvalue weighted by Gasteiger charge is -2.13. The number of aliphatic imine (C=N–C) groups is 1. The minimum absolute atomic E-state index is 0. The minimum Gasteiger partial charge on any atom is -0.357 e. The summed E-state index contributed by atoms with van der Waals surface area (Å²) in [4.78, 5) is 4.53. The Morgan fingerprint density at radius 1 is 1.26 bits per heavy atom.